The molecule has 2 nitrogen and oxygen atoms in total. The summed E-state index contributed by atoms with van der Waals surface area (Å²) in [6.45, 7) is 1.99. The van der Waals surface area contributed by atoms with Crippen molar-refractivity contribution in [1.29, 1.82) is 0 Å². The van der Waals surface area contributed by atoms with Gasteiger partial charge in [0.2, 0.25) is 0 Å². The minimum Gasteiger partial charge on any atom is -0.322 e. The second-order valence-electron chi connectivity index (χ2n) is 3.73. The van der Waals surface area contributed by atoms with Gasteiger partial charge in [-0.15, -0.1) is 11.3 Å². The molecule has 1 heterocycles. The van der Waals surface area contributed by atoms with Gasteiger partial charge in [0.15, 0.2) is 0 Å². The molecule has 0 aliphatic heterocycles. The number of aromatic nitrogens is 1. The fourth-order valence-corrected chi connectivity index (χ4v) is 2.33. The summed E-state index contributed by atoms with van der Waals surface area (Å²) in [4.78, 5) is 4.39. The predicted octanol–water partition coefficient (Wildman–Crippen LogP) is 3.35. The first-order chi connectivity index (χ1) is 7.65. The molecule has 84 valence electrons. The number of aryl methyl sites for hydroxylation is 1. The highest BCUT2D eigenvalue weighted by Gasteiger charge is 2.10. The fourth-order valence-electron chi connectivity index (χ4n) is 1.53. The van der Waals surface area contributed by atoms with E-state index in [0.29, 0.717) is 0 Å². The lowest BCUT2D eigenvalue weighted by Crippen LogP contribution is -2.13. The van der Waals surface area contributed by atoms with E-state index in [1.807, 2.05) is 36.6 Å². The Morgan fingerprint density at radius 1 is 1.38 bits per heavy atom. The van der Waals surface area contributed by atoms with Crippen LogP contribution in [0.5, 0.6) is 0 Å². The van der Waals surface area contributed by atoms with Crippen molar-refractivity contribution < 1.29 is 0 Å². The van der Waals surface area contributed by atoms with Crippen LogP contribution in [0.3, 0.4) is 0 Å². The Labute approximate surface area is 104 Å². The number of nitrogens with zero attached hydrogens (tertiary/aromatic N) is 1. The van der Waals surface area contributed by atoms with Crippen molar-refractivity contribution in [2.45, 2.75) is 19.4 Å². The first kappa shape index (κ1) is 11.6. The highest BCUT2D eigenvalue weighted by Crippen LogP contribution is 2.19. The van der Waals surface area contributed by atoms with Crippen molar-refractivity contribution in [3.63, 3.8) is 0 Å². The van der Waals surface area contributed by atoms with Crippen LogP contribution in [0, 0.1) is 6.92 Å². The Balaban J connectivity index is 2.07. The highest BCUT2D eigenvalue weighted by molar-refractivity contribution is 7.09. The number of halogens is 1. The van der Waals surface area contributed by atoms with Gasteiger partial charge >= 0.3 is 0 Å². The fraction of sp³-hybridized carbons (Fsp3) is 0.250. The van der Waals surface area contributed by atoms with Gasteiger partial charge in [0.05, 0.1) is 16.7 Å². The normalized spacial score (nSPS) is 12.7. The van der Waals surface area contributed by atoms with Crippen molar-refractivity contribution >= 4 is 22.9 Å². The van der Waals surface area contributed by atoms with E-state index < -0.39 is 0 Å². The molecule has 0 fully saturated rings. The van der Waals surface area contributed by atoms with Gasteiger partial charge in [0.1, 0.15) is 0 Å². The molecule has 0 spiro atoms. The van der Waals surface area contributed by atoms with Crippen LogP contribution in [0.1, 0.15) is 22.3 Å². The average Bonchev–Trinajstić information content (AvgIpc) is 2.68. The molecule has 0 amide bonds. The standard InChI is InChI=1S/C12H13ClN2S/c1-8-15-12(7-16-8)11(14)6-9-2-4-10(13)5-3-9/h2-5,7,11H,6,14H2,1H3. The molecule has 0 aliphatic rings. The van der Waals surface area contributed by atoms with Gasteiger partial charge in [-0.05, 0) is 31.0 Å². The molecule has 0 saturated carbocycles. The maximum Gasteiger partial charge on any atom is 0.0898 e. The molecule has 16 heavy (non-hydrogen) atoms. The van der Waals surface area contributed by atoms with E-state index in [-0.39, 0.29) is 6.04 Å². The smallest absolute Gasteiger partial charge is 0.0898 e. The van der Waals surface area contributed by atoms with Gasteiger partial charge in [-0.3, -0.25) is 0 Å². The zero-order chi connectivity index (χ0) is 11.5. The summed E-state index contributed by atoms with van der Waals surface area (Å²) >= 11 is 7.46. The molecule has 2 rings (SSSR count). The van der Waals surface area contributed by atoms with Crippen LogP contribution in [0.4, 0.5) is 0 Å². The van der Waals surface area contributed by atoms with Crippen molar-refractivity contribution in [2.24, 2.45) is 5.73 Å². The first-order valence-corrected chi connectivity index (χ1v) is 6.33. The summed E-state index contributed by atoms with van der Waals surface area (Å²) in [5.74, 6) is 0. The number of thiazole rings is 1. The SMILES string of the molecule is Cc1nc(C(N)Cc2ccc(Cl)cc2)cs1. The van der Waals surface area contributed by atoms with Crippen LogP contribution in [0.15, 0.2) is 29.6 Å². The molecule has 4 heteroatoms. The number of hydrogen-bond donors (Lipinski definition) is 1. The predicted molar refractivity (Wildman–Crippen MR) is 68.9 cm³/mol. The Morgan fingerprint density at radius 2 is 2.06 bits per heavy atom. The van der Waals surface area contributed by atoms with E-state index in [1.165, 1.54) is 5.56 Å². The van der Waals surface area contributed by atoms with Crippen molar-refractivity contribution in [1.82, 2.24) is 4.98 Å². The van der Waals surface area contributed by atoms with E-state index in [1.54, 1.807) is 11.3 Å². The summed E-state index contributed by atoms with van der Waals surface area (Å²) in [6, 6.07) is 7.74. The van der Waals surface area contributed by atoms with Crippen molar-refractivity contribution in [3.8, 4) is 0 Å². The zero-order valence-corrected chi connectivity index (χ0v) is 10.6. The molecule has 1 aromatic carbocycles. The van der Waals surface area contributed by atoms with Crippen LogP contribution < -0.4 is 5.73 Å². The molecule has 1 atom stereocenters. The average molecular weight is 253 g/mol. The maximum atomic E-state index is 6.09. The van der Waals surface area contributed by atoms with Gasteiger partial charge in [-0.2, -0.15) is 0 Å². The second-order valence-corrected chi connectivity index (χ2v) is 5.23. The van der Waals surface area contributed by atoms with Crippen LogP contribution in [-0.2, 0) is 6.42 Å². The molecule has 2 N–H and O–H groups in total. The lowest BCUT2D eigenvalue weighted by atomic mass is 10.1. The third-order valence-corrected chi connectivity index (χ3v) is 3.43. The Kier molecular flexibility index (Phi) is 3.59. The summed E-state index contributed by atoms with van der Waals surface area (Å²) < 4.78 is 0. The largest absolute Gasteiger partial charge is 0.322 e. The molecule has 0 aliphatic carbocycles. The summed E-state index contributed by atoms with van der Waals surface area (Å²) in [5.41, 5.74) is 8.24. The molecular formula is C12H13ClN2S. The van der Waals surface area contributed by atoms with Crippen molar-refractivity contribution in [2.75, 3.05) is 0 Å². The molecule has 0 saturated heterocycles. The lowest BCUT2D eigenvalue weighted by molar-refractivity contribution is 0.700. The second kappa shape index (κ2) is 4.95. The number of rotatable bonds is 3. The van der Waals surface area contributed by atoms with Gasteiger partial charge in [0.25, 0.3) is 0 Å². The van der Waals surface area contributed by atoms with E-state index in [2.05, 4.69) is 4.98 Å². The minimum absolute atomic E-state index is 0.0360. The molecule has 0 bridgehead atoms. The molecule has 0 radical (unpaired) electrons. The van der Waals surface area contributed by atoms with Gasteiger partial charge in [-0.1, -0.05) is 23.7 Å². The third kappa shape index (κ3) is 2.82. The summed E-state index contributed by atoms with van der Waals surface area (Å²) in [5, 5.41) is 3.83. The quantitative estimate of drug-likeness (QED) is 0.910. The lowest BCUT2D eigenvalue weighted by Gasteiger charge is -2.08. The van der Waals surface area contributed by atoms with Crippen molar-refractivity contribution in [3.05, 3.63) is 50.9 Å². The molecule has 1 aromatic heterocycles. The van der Waals surface area contributed by atoms with Crippen LogP contribution in [0.2, 0.25) is 5.02 Å². The molecular weight excluding hydrogens is 240 g/mol. The van der Waals surface area contributed by atoms with E-state index in [4.69, 9.17) is 17.3 Å². The number of benzene rings is 1. The molecule has 2 aromatic rings. The topological polar surface area (TPSA) is 38.9 Å². The summed E-state index contributed by atoms with van der Waals surface area (Å²) in [7, 11) is 0. The van der Waals surface area contributed by atoms with Crippen LogP contribution in [-0.4, -0.2) is 4.98 Å². The maximum absolute atomic E-state index is 6.09. The van der Waals surface area contributed by atoms with E-state index in [0.717, 1.165) is 22.1 Å². The monoisotopic (exact) mass is 252 g/mol. The molecule has 1 unspecified atom stereocenters. The van der Waals surface area contributed by atoms with E-state index >= 15 is 0 Å². The van der Waals surface area contributed by atoms with E-state index in [9.17, 15) is 0 Å². The minimum atomic E-state index is -0.0360. The van der Waals surface area contributed by atoms with Gasteiger partial charge in [-0.25, -0.2) is 4.98 Å². The third-order valence-electron chi connectivity index (χ3n) is 2.39. The van der Waals surface area contributed by atoms with Crippen LogP contribution >= 0.6 is 22.9 Å². The highest BCUT2D eigenvalue weighted by atomic mass is 35.5. The Hall–Kier alpha value is -0.900. The Bertz CT molecular complexity index is 464. The number of hydrogen-bond acceptors (Lipinski definition) is 3. The first-order valence-electron chi connectivity index (χ1n) is 5.07. The zero-order valence-electron chi connectivity index (χ0n) is 8.98. The summed E-state index contributed by atoms with van der Waals surface area (Å²) in [6.07, 6.45) is 0.792. The van der Waals surface area contributed by atoms with Crippen LogP contribution in [0.25, 0.3) is 0 Å². The van der Waals surface area contributed by atoms with Gasteiger partial charge < -0.3 is 5.73 Å². The Morgan fingerprint density at radius 3 is 2.62 bits per heavy atom. The number of nitrogens with two attached hydrogens (primary N) is 1. The van der Waals surface area contributed by atoms with Gasteiger partial charge in [0, 0.05) is 10.4 Å².